The molecule has 0 aliphatic carbocycles. The fourth-order valence-electron chi connectivity index (χ4n) is 4.45. The van der Waals surface area contributed by atoms with Crippen molar-refractivity contribution < 1.29 is 13.9 Å². The molecule has 2 saturated heterocycles. The maximum Gasteiger partial charge on any atom is 0.256 e. The van der Waals surface area contributed by atoms with Gasteiger partial charge in [0.1, 0.15) is 17.6 Å². The molecule has 2 aliphatic rings. The lowest BCUT2D eigenvalue weighted by Crippen LogP contribution is -2.56. The van der Waals surface area contributed by atoms with Crippen LogP contribution in [0.3, 0.4) is 0 Å². The van der Waals surface area contributed by atoms with E-state index in [1.54, 1.807) is 23.2 Å². The van der Waals surface area contributed by atoms with Crippen LogP contribution in [-0.4, -0.2) is 60.5 Å². The number of aromatic nitrogens is 1. The zero-order valence-corrected chi connectivity index (χ0v) is 17.5. The zero-order chi connectivity index (χ0) is 22.7. The number of carbonyl (C=O) groups is 1. The highest BCUT2D eigenvalue weighted by Crippen LogP contribution is 2.40. The molecule has 0 radical (unpaired) electrons. The highest BCUT2D eigenvalue weighted by molar-refractivity contribution is 6.14. The van der Waals surface area contributed by atoms with Gasteiger partial charge in [-0.05, 0) is 31.0 Å². The van der Waals surface area contributed by atoms with Crippen molar-refractivity contribution in [2.45, 2.75) is 24.9 Å². The van der Waals surface area contributed by atoms with Gasteiger partial charge >= 0.3 is 0 Å². The van der Waals surface area contributed by atoms with E-state index in [4.69, 9.17) is 10.1 Å². The average molecular weight is 435 g/mol. The lowest BCUT2D eigenvalue weighted by Gasteiger charge is -2.42. The van der Waals surface area contributed by atoms with Gasteiger partial charge in [0, 0.05) is 37.6 Å². The molecule has 4 rings (SSSR count). The average Bonchev–Trinajstić information content (AvgIpc) is 3.07. The molecule has 10 heteroatoms. The molecule has 164 valence electrons. The van der Waals surface area contributed by atoms with Crippen LogP contribution in [0, 0.1) is 22.6 Å². The summed E-state index contributed by atoms with van der Waals surface area (Å²) in [5.41, 5.74) is 3.11. The largest absolute Gasteiger partial charge is 0.492 e. The number of pyridine rings is 1. The van der Waals surface area contributed by atoms with E-state index in [0.717, 1.165) is 25.3 Å². The number of hydrazone groups is 1. The van der Waals surface area contributed by atoms with Crippen molar-refractivity contribution in [2.75, 3.05) is 30.5 Å². The number of halogens is 1. The van der Waals surface area contributed by atoms with E-state index in [0.29, 0.717) is 30.2 Å². The standard InChI is InChI=1S/C22H22FN7O2/c1-32-20-14(11-25)7-9-26-21(20)30-15-5-6-16(30)13-29(12-15)22(31)17-3-2-4-18(23)19(17)28-27-10-8-24/h2-4,7-10,15-16,24,28H,5-6,12-13H2,1H3/b24-8?,27-10-. The van der Waals surface area contributed by atoms with Gasteiger partial charge in [0.25, 0.3) is 5.91 Å². The van der Waals surface area contributed by atoms with Crippen molar-refractivity contribution in [1.82, 2.24) is 9.88 Å². The fourth-order valence-corrected chi connectivity index (χ4v) is 4.45. The number of rotatable bonds is 6. The number of ether oxygens (including phenoxy) is 1. The molecule has 1 amide bonds. The van der Waals surface area contributed by atoms with Crippen LogP contribution in [-0.2, 0) is 0 Å². The molecule has 2 aliphatic heterocycles. The Morgan fingerprint density at radius 1 is 1.38 bits per heavy atom. The molecule has 2 unspecified atom stereocenters. The SMILES string of the molecule is COc1c(C#N)ccnc1N1C2CCC1CN(C(=O)c1cccc(F)c1N/N=C\C=N)C2. The van der Waals surface area contributed by atoms with Gasteiger partial charge in [-0.2, -0.15) is 10.4 Å². The molecular weight excluding hydrogens is 413 g/mol. The number of likely N-dealkylation sites (tertiary alicyclic amines) is 1. The molecule has 32 heavy (non-hydrogen) atoms. The third-order valence-corrected chi connectivity index (χ3v) is 5.79. The first-order valence-electron chi connectivity index (χ1n) is 10.2. The van der Waals surface area contributed by atoms with Crippen LogP contribution in [0.1, 0.15) is 28.8 Å². The van der Waals surface area contributed by atoms with Crippen molar-refractivity contribution in [2.24, 2.45) is 5.10 Å². The molecule has 1 aromatic carbocycles. The van der Waals surface area contributed by atoms with Crippen LogP contribution in [0.25, 0.3) is 0 Å². The molecule has 0 saturated carbocycles. The van der Waals surface area contributed by atoms with Crippen LogP contribution < -0.4 is 15.1 Å². The Morgan fingerprint density at radius 2 is 2.12 bits per heavy atom. The highest BCUT2D eigenvalue weighted by Gasteiger charge is 2.43. The number of carbonyl (C=O) groups excluding carboxylic acids is 1. The number of methoxy groups -OCH3 is 1. The minimum Gasteiger partial charge on any atom is -0.492 e. The molecule has 2 fully saturated rings. The molecule has 0 spiro atoms. The monoisotopic (exact) mass is 435 g/mol. The maximum absolute atomic E-state index is 14.4. The Balaban J connectivity index is 1.60. The van der Waals surface area contributed by atoms with Gasteiger partial charge in [-0.1, -0.05) is 6.07 Å². The van der Waals surface area contributed by atoms with Crippen LogP contribution in [0.5, 0.6) is 5.75 Å². The van der Waals surface area contributed by atoms with E-state index >= 15 is 0 Å². The summed E-state index contributed by atoms with van der Waals surface area (Å²) >= 11 is 0. The van der Waals surface area contributed by atoms with Crippen LogP contribution in [0.2, 0.25) is 0 Å². The smallest absolute Gasteiger partial charge is 0.256 e. The number of nitrogens with zero attached hydrogens (tertiary/aromatic N) is 5. The summed E-state index contributed by atoms with van der Waals surface area (Å²) in [6.45, 7) is 0.882. The minimum atomic E-state index is -0.596. The number of amides is 1. The lowest BCUT2D eigenvalue weighted by molar-refractivity contribution is 0.0717. The number of fused-ring (bicyclic) bond motifs is 2. The predicted octanol–water partition coefficient (Wildman–Crippen LogP) is 2.64. The predicted molar refractivity (Wildman–Crippen MR) is 118 cm³/mol. The molecule has 2 N–H and O–H groups in total. The molecular formula is C22H22FN7O2. The Hall–Kier alpha value is -4.00. The highest BCUT2D eigenvalue weighted by atomic mass is 19.1. The summed E-state index contributed by atoms with van der Waals surface area (Å²) in [6.07, 6.45) is 5.44. The number of anilines is 2. The third-order valence-electron chi connectivity index (χ3n) is 5.79. The first-order chi connectivity index (χ1) is 15.6. The third kappa shape index (κ3) is 3.73. The van der Waals surface area contributed by atoms with Gasteiger partial charge in [-0.3, -0.25) is 10.2 Å². The van der Waals surface area contributed by atoms with E-state index in [2.05, 4.69) is 26.5 Å². The number of hydrogen-bond donors (Lipinski definition) is 2. The first kappa shape index (κ1) is 21.2. The van der Waals surface area contributed by atoms with Crippen molar-refractivity contribution in [1.29, 1.82) is 10.7 Å². The van der Waals surface area contributed by atoms with Crippen LogP contribution in [0.4, 0.5) is 15.9 Å². The van der Waals surface area contributed by atoms with E-state index in [1.807, 2.05) is 0 Å². The number of piperazine rings is 1. The number of hydrogen-bond acceptors (Lipinski definition) is 8. The number of nitriles is 1. The van der Waals surface area contributed by atoms with Gasteiger partial charge in [-0.25, -0.2) is 9.37 Å². The topological polar surface area (TPSA) is 118 Å². The van der Waals surface area contributed by atoms with Gasteiger partial charge in [0.2, 0.25) is 0 Å². The minimum absolute atomic E-state index is 0.00828. The lowest BCUT2D eigenvalue weighted by atomic mass is 10.1. The van der Waals surface area contributed by atoms with Gasteiger partial charge < -0.3 is 19.9 Å². The van der Waals surface area contributed by atoms with E-state index < -0.39 is 5.82 Å². The first-order valence-corrected chi connectivity index (χ1v) is 10.2. The second-order valence-electron chi connectivity index (χ2n) is 7.55. The summed E-state index contributed by atoms with van der Waals surface area (Å²) in [7, 11) is 1.52. The van der Waals surface area contributed by atoms with Gasteiger partial charge in [0.05, 0.1) is 24.5 Å². The zero-order valence-electron chi connectivity index (χ0n) is 17.5. The second-order valence-corrected chi connectivity index (χ2v) is 7.55. The van der Waals surface area contributed by atoms with E-state index in [9.17, 15) is 14.4 Å². The maximum atomic E-state index is 14.4. The summed E-state index contributed by atoms with van der Waals surface area (Å²) in [5, 5.41) is 20.1. The second kappa shape index (κ2) is 9.01. The Bertz CT molecular complexity index is 1100. The summed E-state index contributed by atoms with van der Waals surface area (Å²) < 4.78 is 19.9. The van der Waals surface area contributed by atoms with Gasteiger partial charge in [0.15, 0.2) is 11.6 Å². The Morgan fingerprint density at radius 3 is 2.78 bits per heavy atom. The van der Waals surface area contributed by atoms with E-state index in [1.165, 1.54) is 19.2 Å². The quantitative estimate of drug-likeness (QED) is 0.532. The number of para-hydroxylation sites is 1. The molecule has 2 atom stereocenters. The molecule has 3 heterocycles. The van der Waals surface area contributed by atoms with Crippen molar-refractivity contribution in [3.63, 3.8) is 0 Å². The Kier molecular flexibility index (Phi) is 5.98. The number of nitrogens with one attached hydrogen (secondary N) is 2. The van der Waals surface area contributed by atoms with Crippen LogP contribution >= 0.6 is 0 Å². The molecule has 1 aromatic heterocycles. The summed E-state index contributed by atoms with van der Waals surface area (Å²) in [6, 6.07) is 8.06. The number of benzene rings is 1. The van der Waals surface area contributed by atoms with Crippen molar-refractivity contribution in [3.8, 4) is 11.8 Å². The van der Waals surface area contributed by atoms with Crippen LogP contribution in [0.15, 0.2) is 35.6 Å². The summed E-state index contributed by atoms with van der Waals surface area (Å²) in [5.74, 6) is 0.161. The van der Waals surface area contributed by atoms with E-state index in [-0.39, 0.29) is 29.2 Å². The van der Waals surface area contributed by atoms with Gasteiger partial charge in [-0.15, -0.1) is 0 Å². The molecule has 2 bridgehead atoms. The summed E-state index contributed by atoms with van der Waals surface area (Å²) in [4.78, 5) is 21.6. The van der Waals surface area contributed by atoms with Crippen molar-refractivity contribution in [3.05, 3.63) is 47.4 Å². The molecule has 9 nitrogen and oxygen atoms in total. The van der Waals surface area contributed by atoms with Crippen molar-refractivity contribution >= 4 is 29.8 Å². The fraction of sp³-hybridized carbons (Fsp3) is 0.318. The Labute approximate surface area is 184 Å². The normalized spacial score (nSPS) is 19.7. The molecule has 2 aromatic rings.